The lowest BCUT2D eigenvalue weighted by atomic mass is 10.0. The van der Waals surface area contributed by atoms with Crippen LogP contribution in [0.1, 0.15) is 11.3 Å². The van der Waals surface area contributed by atoms with Gasteiger partial charge in [0.2, 0.25) is 16.8 Å². The van der Waals surface area contributed by atoms with Gasteiger partial charge in [-0.25, -0.2) is 18.2 Å². The average molecular weight is 425 g/mol. The van der Waals surface area contributed by atoms with E-state index in [0.29, 0.717) is 22.6 Å². The number of nitrogens with two attached hydrogens (primary N) is 1. The molecule has 2 heterocycles. The lowest BCUT2D eigenvalue weighted by Gasteiger charge is -2.12. The van der Waals surface area contributed by atoms with Crippen molar-refractivity contribution in [1.82, 2.24) is 9.78 Å². The monoisotopic (exact) mass is 425 g/mol. The number of fused-ring (bicyclic) bond motifs is 1. The molecular weight excluding hydrogens is 411 g/mol. The summed E-state index contributed by atoms with van der Waals surface area (Å²) in [4.78, 5) is -0.162. The first-order chi connectivity index (χ1) is 13.6. The van der Waals surface area contributed by atoms with Gasteiger partial charge in [-0.1, -0.05) is 0 Å². The van der Waals surface area contributed by atoms with Gasteiger partial charge in [-0.15, -0.1) is 0 Å². The van der Waals surface area contributed by atoms with Gasteiger partial charge >= 0.3 is 6.18 Å². The van der Waals surface area contributed by atoms with Gasteiger partial charge in [0, 0.05) is 11.1 Å². The Hall–Kier alpha value is -3.05. The minimum absolute atomic E-state index is 0.0295. The van der Waals surface area contributed by atoms with Gasteiger partial charge in [-0.2, -0.15) is 18.3 Å². The largest absolute Gasteiger partial charge is 0.454 e. The molecule has 1 aliphatic rings. The Balaban J connectivity index is 1.90. The molecule has 29 heavy (non-hydrogen) atoms. The zero-order valence-electron chi connectivity index (χ0n) is 14.9. The Morgan fingerprint density at radius 2 is 1.79 bits per heavy atom. The fourth-order valence-corrected chi connectivity index (χ4v) is 3.59. The number of primary sulfonamides is 1. The van der Waals surface area contributed by atoms with Crippen molar-refractivity contribution in [3.63, 3.8) is 0 Å². The van der Waals surface area contributed by atoms with Gasteiger partial charge in [-0.05, 0) is 49.4 Å². The molecule has 1 aromatic heterocycles. The number of sulfonamides is 1. The summed E-state index contributed by atoms with van der Waals surface area (Å²) in [5.74, 6) is 0.958. The highest BCUT2D eigenvalue weighted by Crippen LogP contribution is 2.42. The number of alkyl halides is 3. The van der Waals surface area contributed by atoms with Crippen LogP contribution in [-0.4, -0.2) is 25.0 Å². The number of benzene rings is 2. The first kappa shape index (κ1) is 19.3. The summed E-state index contributed by atoms with van der Waals surface area (Å²) in [7, 11) is -3.94. The Bertz CT molecular complexity index is 1200. The van der Waals surface area contributed by atoms with Crippen molar-refractivity contribution < 1.29 is 31.1 Å². The maximum Gasteiger partial charge on any atom is 0.435 e. The maximum absolute atomic E-state index is 13.3. The predicted molar refractivity (Wildman–Crippen MR) is 96.2 cm³/mol. The zero-order valence-corrected chi connectivity index (χ0v) is 15.7. The summed E-state index contributed by atoms with van der Waals surface area (Å²) in [5, 5.41) is 8.77. The summed E-state index contributed by atoms with van der Waals surface area (Å²) in [5.41, 5.74) is 0.375. The Labute approximate surface area is 163 Å². The summed E-state index contributed by atoms with van der Waals surface area (Å²) in [6.07, 6.45) is -4.66. The maximum atomic E-state index is 13.3. The van der Waals surface area contributed by atoms with Crippen molar-refractivity contribution in [3.05, 3.63) is 53.7 Å². The zero-order chi connectivity index (χ0) is 21.0. The fourth-order valence-electron chi connectivity index (χ4n) is 3.07. The van der Waals surface area contributed by atoms with E-state index in [1.54, 1.807) is 19.1 Å². The number of hydrogen-bond donors (Lipinski definition) is 1. The predicted octanol–water partition coefficient (Wildman–Crippen LogP) is 3.24. The van der Waals surface area contributed by atoms with E-state index in [0.717, 1.165) is 10.7 Å². The quantitative estimate of drug-likeness (QED) is 0.695. The van der Waals surface area contributed by atoms with Crippen LogP contribution in [-0.2, 0) is 16.2 Å². The normalized spacial score (nSPS) is 13.7. The molecule has 1 aliphatic heterocycles. The van der Waals surface area contributed by atoms with Crippen LogP contribution in [0.4, 0.5) is 13.2 Å². The fraction of sp³-hybridized carbons (Fsp3) is 0.167. The van der Waals surface area contributed by atoms with Gasteiger partial charge in [0.1, 0.15) is 0 Å². The van der Waals surface area contributed by atoms with Crippen LogP contribution in [0.15, 0.2) is 47.4 Å². The molecule has 7 nitrogen and oxygen atoms in total. The molecule has 4 rings (SSSR count). The summed E-state index contributed by atoms with van der Waals surface area (Å²) < 4.78 is 74.7. The smallest absolute Gasteiger partial charge is 0.435 e. The van der Waals surface area contributed by atoms with E-state index in [-0.39, 0.29) is 23.1 Å². The molecule has 0 unspecified atom stereocenters. The lowest BCUT2D eigenvalue weighted by molar-refractivity contribution is -0.141. The number of aromatic nitrogens is 2. The second kappa shape index (κ2) is 6.49. The van der Waals surface area contributed by atoms with Crippen molar-refractivity contribution in [2.75, 3.05) is 6.79 Å². The summed E-state index contributed by atoms with van der Waals surface area (Å²) >= 11 is 0. The van der Waals surface area contributed by atoms with Crippen LogP contribution in [0, 0.1) is 6.92 Å². The number of rotatable bonds is 3. The molecule has 0 fully saturated rings. The average Bonchev–Trinajstić information content (AvgIpc) is 3.28. The van der Waals surface area contributed by atoms with Crippen LogP contribution >= 0.6 is 0 Å². The molecule has 0 bridgehead atoms. The van der Waals surface area contributed by atoms with Crippen molar-refractivity contribution in [2.45, 2.75) is 18.0 Å². The Morgan fingerprint density at radius 1 is 1.10 bits per heavy atom. The molecule has 0 atom stereocenters. The molecule has 0 amide bonds. The second-order valence-corrected chi connectivity index (χ2v) is 7.90. The SMILES string of the molecule is Cc1c(-c2cc(C(F)(F)F)nn2-c2ccc(S(N)(=O)=O)cc2)ccc2c1OCO2. The lowest BCUT2D eigenvalue weighted by Crippen LogP contribution is -2.12. The highest BCUT2D eigenvalue weighted by atomic mass is 32.2. The minimum Gasteiger partial charge on any atom is -0.454 e. The van der Waals surface area contributed by atoms with E-state index in [1.165, 1.54) is 24.3 Å². The third-order valence-corrected chi connectivity index (χ3v) is 5.40. The summed E-state index contributed by atoms with van der Waals surface area (Å²) in [6.45, 7) is 1.74. The number of hydrogen-bond acceptors (Lipinski definition) is 5. The van der Waals surface area contributed by atoms with E-state index < -0.39 is 21.9 Å². The standard InChI is InChI=1S/C18H14F3N3O4S/c1-10-13(6-7-15-17(10)28-9-27-15)14-8-16(18(19,20)21)23-24(14)11-2-4-12(5-3-11)29(22,25)26/h2-8H,9H2,1H3,(H2,22,25,26). The van der Waals surface area contributed by atoms with E-state index >= 15 is 0 Å². The van der Waals surface area contributed by atoms with Crippen molar-refractivity contribution >= 4 is 10.0 Å². The van der Waals surface area contributed by atoms with Gasteiger partial charge in [0.25, 0.3) is 0 Å². The molecule has 0 spiro atoms. The van der Waals surface area contributed by atoms with Crippen LogP contribution in [0.25, 0.3) is 16.9 Å². The van der Waals surface area contributed by atoms with Gasteiger partial charge in [0.15, 0.2) is 17.2 Å². The number of ether oxygens (including phenoxy) is 2. The van der Waals surface area contributed by atoms with E-state index in [2.05, 4.69) is 5.10 Å². The second-order valence-electron chi connectivity index (χ2n) is 6.34. The van der Waals surface area contributed by atoms with Gasteiger partial charge in [0.05, 0.1) is 16.3 Å². The molecule has 2 aromatic carbocycles. The summed E-state index contributed by atoms with van der Waals surface area (Å²) in [6, 6.07) is 9.23. The molecule has 0 radical (unpaired) electrons. The number of nitrogens with zero attached hydrogens (tertiary/aromatic N) is 2. The molecule has 2 N–H and O–H groups in total. The first-order valence-electron chi connectivity index (χ1n) is 8.26. The molecule has 0 saturated heterocycles. The molecule has 11 heteroatoms. The van der Waals surface area contributed by atoms with E-state index in [4.69, 9.17) is 14.6 Å². The highest BCUT2D eigenvalue weighted by Gasteiger charge is 2.36. The third kappa shape index (κ3) is 3.42. The third-order valence-electron chi connectivity index (χ3n) is 4.47. The van der Waals surface area contributed by atoms with E-state index in [9.17, 15) is 21.6 Å². The first-order valence-corrected chi connectivity index (χ1v) is 9.80. The van der Waals surface area contributed by atoms with Crippen LogP contribution < -0.4 is 14.6 Å². The topological polar surface area (TPSA) is 96.4 Å². The van der Waals surface area contributed by atoms with Crippen LogP contribution in [0.3, 0.4) is 0 Å². The minimum atomic E-state index is -4.66. The molecular formula is C18H14F3N3O4S. The van der Waals surface area contributed by atoms with Crippen LogP contribution in [0.5, 0.6) is 11.5 Å². The Morgan fingerprint density at radius 3 is 2.41 bits per heavy atom. The van der Waals surface area contributed by atoms with Crippen molar-refractivity contribution in [2.24, 2.45) is 5.14 Å². The van der Waals surface area contributed by atoms with Gasteiger partial charge in [-0.3, -0.25) is 0 Å². The molecule has 152 valence electrons. The highest BCUT2D eigenvalue weighted by molar-refractivity contribution is 7.89. The van der Waals surface area contributed by atoms with E-state index in [1.807, 2.05) is 0 Å². The molecule has 0 saturated carbocycles. The molecule has 0 aliphatic carbocycles. The van der Waals surface area contributed by atoms with Crippen molar-refractivity contribution in [1.29, 1.82) is 0 Å². The van der Waals surface area contributed by atoms with Crippen LogP contribution in [0.2, 0.25) is 0 Å². The molecule has 3 aromatic rings. The Kier molecular flexibility index (Phi) is 4.32. The number of halogens is 3. The van der Waals surface area contributed by atoms with Gasteiger partial charge < -0.3 is 9.47 Å². The van der Waals surface area contributed by atoms with Crippen molar-refractivity contribution in [3.8, 4) is 28.4 Å².